The molecule has 0 unspecified atom stereocenters. The van der Waals surface area contributed by atoms with Gasteiger partial charge in [0, 0.05) is 43.6 Å². The molecular formula is C25H31N5O5. The number of urea groups is 1. The van der Waals surface area contributed by atoms with Crippen molar-refractivity contribution in [2.24, 2.45) is 0 Å². The molecule has 2 aliphatic heterocycles. The summed E-state index contributed by atoms with van der Waals surface area (Å²) in [5, 5.41) is 8.01. The van der Waals surface area contributed by atoms with Gasteiger partial charge in [-0.05, 0) is 37.1 Å². The number of benzene rings is 2. The van der Waals surface area contributed by atoms with E-state index in [1.807, 2.05) is 36.9 Å². The van der Waals surface area contributed by atoms with Crippen LogP contribution in [0.1, 0.15) is 11.1 Å². The van der Waals surface area contributed by atoms with E-state index in [0.29, 0.717) is 63.1 Å². The highest BCUT2D eigenvalue weighted by Gasteiger charge is 2.22. The van der Waals surface area contributed by atoms with Crippen molar-refractivity contribution in [1.82, 2.24) is 15.1 Å². The summed E-state index contributed by atoms with van der Waals surface area (Å²) < 4.78 is 11.0. The van der Waals surface area contributed by atoms with Crippen molar-refractivity contribution in [3.8, 4) is 11.5 Å². The van der Waals surface area contributed by atoms with Gasteiger partial charge in [0.1, 0.15) is 13.2 Å². The molecule has 0 spiro atoms. The zero-order valence-electron chi connectivity index (χ0n) is 20.1. The zero-order valence-corrected chi connectivity index (χ0v) is 20.1. The van der Waals surface area contributed by atoms with Crippen molar-refractivity contribution >= 4 is 29.2 Å². The molecule has 0 bridgehead atoms. The lowest BCUT2D eigenvalue weighted by atomic mass is 10.1. The smallest absolute Gasteiger partial charge is 0.325 e. The van der Waals surface area contributed by atoms with Crippen molar-refractivity contribution in [3.63, 3.8) is 0 Å². The second-order valence-electron chi connectivity index (χ2n) is 8.73. The predicted molar refractivity (Wildman–Crippen MR) is 132 cm³/mol. The lowest BCUT2D eigenvalue weighted by molar-refractivity contribution is -0.122. The standard InChI is InChI=1S/C25H31N5O5/c1-17-4-3-5-18(2)24(17)27-22(31)15-29-8-10-30(11-9-29)16-23(32)28-25(33)26-19-6-7-20-21(14-19)35-13-12-34-20/h3-7,14H,8-13,15-16H2,1-2H3,(H,27,31)(H2,26,28,32,33). The highest BCUT2D eigenvalue weighted by atomic mass is 16.6. The number of carbonyl (C=O) groups excluding carboxylic acids is 3. The van der Waals surface area contributed by atoms with E-state index in [1.54, 1.807) is 18.2 Å². The first-order valence-electron chi connectivity index (χ1n) is 11.7. The SMILES string of the molecule is Cc1cccc(C)c1NC(=O)CN1CCN(CC(=O)NC(=O)Nc2ccc3c(c2)OCCO3)CC1. The Kier molecular flexibility index (Phi) is 7.84. The molecule has 1 fully saturated rings. The molecule has 4 rings (SSSR count). The molecule has 0 saturated carbocycles. The van der Waals surface area contributed by atoms with E-state index in [2.05, 4.69) is 20.9 Å². The van der Waals surface area contributed by atoms with Crippen LogP contribution in [0, 0.1) is 13.8 Å². The molecule has 0 aliphatic carbocycles. The van der Waals surface area contributed by atoms with Crippen LogP contribution in [-0.4, -0.2) is 80.1 Å². The second kappa shape index (κ2) is 11.2. The number of nitrogens with one attached hydrogen (secondary N) is 3. The van der Waals surface area contributed by atoms with E-state index in [1.165, 1.54) is 0 Å². The number of fused-ring (bicyclic) bond motifs is 1. The number of hydrogen-bond donors (Lipinski definition) is 3. The molecular weight excluding hydrogens is 450 g/mol. The van der Waals surface area contributed by atoms with Gasteiger partial charge in [-0.1, -0.05) is 18.2 Å². The number of imide groups is 1. The minimum Gasteiger partial charge on any atom is -0.486 e. The van der Waals surface area contributed by atoms with Crippen molar-refractivity contribution < 1.29 is 23.9 Å². The summed E-state index contributed by atoms with van der Waals surface area (Å²) >= 11 is 0. The van der Waals surface area contributed by atoms with Gasteiger partial charge in [-0.2, -0.15) is 0 Å². The van der Waals surface area contributed by atoms with Gasteiger partial charge >= 0.3 is 6.03 Å². The van der Waals surface area contributed by atoms with Crippen LogP contribution in [0.2, 0.25) is 0 Å². The normalized spacial score (nSPS) is 15.8. The maximum absolute atomic E-state index is 12.5. The lowest BCUT2D eigenvalue weighted by Gasteiger charge is -2.33. The summed E-state index contributed by atoms with van der Waals surface area (Å²) in [5.41, 5.74) is 3.44. The molecule has 10 nitrogen and oxygen atoms in total. The molecule has 2 aliphatic rings. The minimum absolute atomic E-state index is 0.0515. The summed E-state index contributed by atoms with van der Waals surface area (Å²) in [6.45, 7) is 7.89. The first kappa shape index (κ1) is 24.5. The van der Waals surface area contributed by atoms with Crippen LogP contribution in [-0.2, 0) is 9.59 Å². The largest absolute Gasteiger partial charge is 0.486 e. The van der Waals surface area contributed by atoms with E-state index >= 15 is 0 Å². The van der Waals surface area contributed by atoms with Gasteiger partial charge in [0.15, 0.2) is 11.5 Å². The number of rotatable bonds is 6. The van der Waals surface area contributed by atoms with Crippen LogP contribution < -0.4 is 25.4 Å². The number of carbonyl (C=O) groups is 3. The molecule has 2 aromatic carbocycles. The molecule has 10 heteroatoms. The molecule has 3 N–H and O–H groups in total. The Balaban J connectivity index is 1.17. The van der Waals surface area contributed by atoms with Crippen LogP contribution in [0.5, 0.6) is 11.5 Å². The van der Waals surface area contributed by atoms with Gasteiger partial charge in [0.25, 0.3) is 0 Å². The van der Waals surface area contributed by atoms with Crippen molar-refractivity contribution in [3.05, 3.63) is 47.5 Å². The topological polar surface area (TPSA) is 112 Å². The number of para-hydroxylation sites is 1. The van der Waals surface area contributed by atoms with Crippen LogP contribution in [0.15, 0.2) is 36.4 Å². The van der Waals surface area contributed by atoms with Crippen LogP contribution in [0.3, 0.4) is 0 Å². The third kappa shape index (κ3) is 6.71. The molecule has 0 atom stereocenters. The molecule has 4 amide bonds. The molecule has 0 radical (unpaired) electrons. The van der Waals surface area contributed by atoms with Gasteiger partial charge in [-0.25, -0.2) is 4.79 Å². The number of anilines is 2. The molecule has 2 heterocycles. The number of aryl methyl sites for hydroxylation is 2. The highest BCUT2D eigenvalue weighted by Crippen LogP contribution is 2.32. The zero-order chi connectivity index (χ0) is 24.8. The van der Waals surface area contributed by atoms with E-state index in [4.69, 9.17) is 9.47 Å². The Labute approximate surface area is 204 Å². The van der Waals surface area contributed by atoms with Gasteiger partial charge < -0.3 is 20.1 Å². The average Bonchev–Trinajstić information content (AvgIpc) is 2.82. The first-order valence-corrected chi connectivity index (χ1v) is 11.7. The van der Waals surface area contributed by atoms with E-state index in [9.17, 15) is 14.4 Å². The molecule has 1 saturated heterocycles. The fourth-order valence-electron chi connectivity index (χ4n) is 4.15. The average molecular weight is 482 g/mol. The summed E-state index contributed by atoms with van der Waals surface area (Å²) in [5.74, 6) is 0.742. The number of ether oxygens (including phenoxy) is 2. The summed E-state index contributed by atoms with van der Waals surface area (Å²) in [4.78, 5) is 41.1. The Bertz CT molecular complexity index is 1080. The van der Waals surface area contributed by atoms with Gasteiger partial charge in [0.2, 0.25) is 11.8 Å². The van der Waals surface area contributed by atoms with Crippen molar-refractivity contribution in [2.75, 3.05) is 63.1 Å². The predicted octanol–water partition coefficient (Wildman–Crippen LogP) is 1.98. The van der Waals surface area contributed by atoms with Gasteiger partial charge in [-0.3, -0.25) is 24.7 Å². The Morgan fingerprint density at radius 2 is 1.40 bits per heavy atom. The van der Waals surface area contributed by atoms with Crippen molar-refractivity contribution in [1.29, 1.82) is 0 Å². The van der Waals surface area contributed by atoms with Crippen LogP contribution >= 0.6 is 0 Å². The summed E-state index contributed by atoms with van der Waals surface area (Å²) in [6, 6.07) is 10.4. The van der Waals surface area contributed by atoms with Gasteiger partial charge in [0.05, 0.1) is 13.1 Å². The van der Waals surface area contributed by atoms with E-state index < -0.39 is 6.03 Å². The third-order valence-corrected chi connectivity index (χ3v) is 6.00. The first-order chi connectivity index (χ1) is 16.9. The fraction of sp³-hybridized carbons (Fsp3) is 0.400. The highest BCUT2D eigenvalue weighted by molar-refractivity contribution is 6.02. The molecule has 186 valence electrons. The van der Waals surface area contributed by atoms with Crippen LogP contribution in [0.4, 0.5) is 16.2 Å². The number of nitrogens with zero attached hydrogens (tertiary/aromatic N) is 2. The van der Waals surface area contributed by atoms with E-state index in [0.717, 1.165) is 16.8 Å². The Morgan fingerprint density at radius 3 is 2.06 bits per heavy atom. The Morgan fingerprint density at radius 1 is 0.800 bits per heavy atom. The Hall–Kier alpha value is -3.63. The third-order valence-electron chi connectivity index (χ3n) is 6.00. The van der Waals surface area contributed by atoms with Gasteiger partial charge in [-0.15, -0.1) is 0 Å². The molecule has 2 aromatic rings. The van der Waals surface area contributed by atoms with E-state index in [-0.39, 0.29) is 18.4 Å². The summed E-state index contributed by atoms with van der Waals surface area (Å²) in [7, 11) is 0. The minimum atomic E-state index is -0.603. The van der Waals surface area contributed by atoms with Crippen LogP contribution in [0.25, 0.3) is 0 Å². The number of hydrogen-bond acceptors (Lipinski definition) is 7. The number of amides is 4. The molecule has 35 heavy (non-hydrogen) atoms. The summed E-state index contributed by atoms with van der Waals surface area (Å²) in [6.07, 6.45) is 0. The van der Waals surface area contributed by atoms with Crippen molar-refractivity contribution in [2.45, 2.75) is 13.8 Å². The number of piperazine rings is 1. The quantitative estimate of drug-likeness (QED) is 0.578. The fourth-order valence-corrected chi connectivity index (χ4v) is 4.15. The lowest BCUT2D eigenvalue weighted by Crippen LogP contribution is -2.51. The maximum Gasteiger partial charge on any atom is 0.325 e. The maximum atomic E-state index is 12.5. The molecule has 0 aromatic heterocycles. The second-order valence-corrected chi connectivity index (χ2v) is 8.73. The monoisotopic (exact) mass is 481 g/mol.